The van der Waals surface area contributed by atoms with E-state index in [2.05, 4.69) is 41.9 Å². The Hall–Kier alpha value is -1.40. The van der Waals surface area contributed by atoms with Gasteiger partial charge in [-0.05, 0) is 38.3 Å². The summed E-state index contributed by atoms with van der Waals surface area (Å²) < 4.78 is 0. The first-order valence-corrected chi connectivity index (χ1v) is 9.97. The third kappa shape index (κ3) is 4.46. The van der Waals surface area contributed by atoms with Crippen LogP contribution in [0.15, 0.2) is 6.07 Å². The Morgan fingerprint density at radius 2 is 2.12 bits per heavy atom. The van der Waals surface area contributed by atoms with Gasteiger partial charge in [0.05, 0.1) is 5.69 Å². The SMILES string of the molecule is CC(C)(C)c1cc(CN2CCC[C@]3(CCC(=O)N(CCCO)C3)C2)[nH]n1. The van der Waals surface area contributed by atoms with Crippen molar-refractivity contribution in [2.45, 2.75) is 64.8 Å². The minimum atomic E-state index is 0.0643. The van der Waals surface area contributed by atoms with Crippen LogP contribution in [-0.4, -0.2) is 63.8 Å². The smallest absolute Gasteiger partial charge is 0.222 e. The van der Waals surface area contributed by atoms with Crippen molar-refractivity contribution in [3.63, 3.8) is 0 Å². The fourth-order valence-corrected chi connectivity index (χ4v) is 4.41. The largest absolute Gasteiger partial charge is 0.396 e. The summed E-state index contributed by atoms with van der Waals surface area (Å²) in [7, 11) is 0. The minimum Gasteiger partial charge on any atom is -0.396 e. The molecule has 0 radical (unpaired) electrons. The Bertz CT molecular complexity index is 622. The zero-order valence-corrected chi connectivity index (χ0v) is 16.6. The summed E-state index contributed by atoms with van der Waals surface area (Å²) in [6, 6.07) is 2.19. The van der Waals surface area contributed by atoms with Crippen molar-refractivity contribution in [3.05, 3.63) is 17.5 Å². The summed E-state index contributed by atoms with van der Waals surface area (Å²) in [5, 5.41) is 16.8. The standard InChI is InChI=1S/C20H34N4O2/c1-19(2,3)17-12-16(21-22-17)13-23-9-4-7-20(14-23)8-6-18(26)24(15-20)10-5-11-25/h12,25H,4-11,13-15H2,1-3H3,(H,21,22)/t20-/m0/s1. The Kier molecular flexibility index (Phi) is 5.72. The van der Waals surface area contributed by atoms with Gasteiger partial charge in [-0.15, -0.1) is 0 Å². The van der Waals surface area contributed by atoms with Crippen LogP contribution in [0.4, 0.5) is 0 Å². The van der Waals surface area contributed by atoms with Crippen LogP contribution in [-0.2, 0) is 16.8 Å². The molecule has 1 atom stereocenters. The van der Waals surface area contributed by atoms with Gasteiger partial charge in [0.15, 0.2) is 0 Å². The second kappa shape index (κ2) is 7.69. The number of aromatic nitrogens is 2. The number of likely N-dealkylation sites (tertiary alicyclic amines) is 2. The third-order valence-corrected chi connectivity index (χ3v) is 5.87. The number of hydrogen-bond donors (Lipinski definition) is 2. The fourth-order valence-electron chi connectivity index (χ4n) is 4.41. The van der Waals surface area contributed by atoms with Gasteiger partial charge in [0, 0.05) is 55.7 Å². The topological polar surface area (TPSA) is 72.5 Å². The van der Waals surface area contributed by atoms with Crippen LogP contribution in [0.25, 0.3) is 0 Å². The molecule has 2 aliphatic heterocycles. The van der Waals surface area contributed by atoms with Gasteiger partial charge < -0.3 is 10.0 Å². The molecule has 0 saturated carbocycles. The Balaban J connectivity index is 1.63. The van der Waals surface area contributed by atoms with Gasteiger partial charge >= 0.3 is 0 Å². The van der Waals surface area contributed by atoms with Crippen molar-refractivity contribution in [1.82, 2.24) is 20.0 Å². The molecule has 146 valence electrons. The molecule has 2 fully saturated rings. The number of carbonyl (C=O) groups is 1. The second-order valence-electron chi connectivity index (χ2n) is 9.24. The molecule has 2 aliphatic rings. The number of H-pyrrole nitrogens is 1. The molecule has 6 nitrogen and oxygen atoms in total. The average molecular weight is 363 g/mol. The van der Waals surface area contributed by atoms with E-state index in [0.717, 1.165) is 38.3 Å². The maximum Gasteiger partial charge on any atom is 0.222 e. The molecule has 1 aromatic heterocycles. The van der Waals surface area contributed by atoms with E-state index in [1.807, 2.05) is 4.90 Å². The average Bonchev–Trinajstić information content (AvgIpc) is 3.05. The lowest BCUT2D eigenvalue weighted by Crippen LogP contribution is -2.54. The lowest BCUT2D eigenvalue weighted by molar-refractivity contribution is -0.139. The molecule has 3 rings (SSSR count). The highest BCUT2D eigenvalue weighted by Gasteiger charge is 2.41. The summed E-state index contributed by atoms with van der Waals surface area (Å²) >= 11 is 0. The highest BCUT2D eigenvalue weighted by molar-refractivity contribution is 5.77. The van der Waals surface area contributed by atoms with Gasteiger partial charge in [0.1, 0.15) is 0 Å². The molecular weight excluding hydrogens is 328 g/mol. The van der Waals surface area contributed by atoms with Gasteiger partial charge in [0.2, 0.25) is 5.91 Å². The summed E-state index contributed by atoms with van der Waals surface area (Å²) in [6.45, 7) is 11.3. The Morgan fingerprint density at radius 3 is 2.81 bits per heavy atom. The van der Waals surface area contributed by atoms with Crippen LogP contribution in [0.1, 0.15) is 64.3 Å². The van der Waals surface area contributed by atoms with E-state index in [1.54, 1.807) is 0 Å². The molecule has 1 spiro atoms. The lowest BCUT2D eigenvalue weighted by Gasteiger charge is -2.48. The first-order valence-electron chi connectivity index (χ1n) is 9.97. The van der Waals surface area contributed by atoms with E-state index < -0.39 is 0 Å². The number of nitrogens with one attached hydrogen (secondary N) is 1. The number of aliphatic hydroxyl groups excluding tert-OH is 1. The van der Waals surface area contributed by atoms with Crippen molar-refractivity contribution < 1.29 is 9.90 Å². The van der Waals surface area contributed by atoms with Crippen LogP contribution in [0.5, 0.6) is 0 Å². The minimum absolute atomic E-state index is 0.0643. The van der Waals surface area contributed by atoms with Gasteiger partial charge in [-0.2, -0.15) is 5.10 Å². The number of nitrogens with zero attached hydrogens (tertiary/aromatic N) is 3. The number of aliphatic hydroxyl groups is 1. The Labute approximate surface area is 156 Å². The molecule has 2 N–H and O–H groups in total. The number of aromatic amines is 1. The first-order chi connectivity index (χ1) is 12.3. The predicted molar refractivity (Wildman–Crippen MR) is 102 cm³/mol. The van der Waals surface area contributed by atoms with E-state index in [-0.39, 0.29) is 23.3 Å². The highest BCUT2D eigenvalue weighted by atomic mass is 16.3. The number of amides is 1. The third-order valence-electron chi connectivity index (χ3n) is 5.87. The van der Waals surface area contributed by atoms with Gasteiger partial charge in [0.25, 0.3) is 0 Å². The maximum absolute atomic E-state index is 12.2. The van der Waals surface area contributed by atoms with E-state index in [1.165, 1.54) is 18.5 Å². The molecule has 2 saturated heterocycles. The van der Waals surface area contributed by atoms with Crippen LogP contribution >= 0.6 is 0 Å². The molecule has 26 heavy (non-hydrogen) atoms. The lowest BCUT2D eigenvalue weighted by atomic mass is 9.73. The summed E-state index contributed by atoms with van der Waals surface area (Å²) in [5.74, 6) is 0.254. The van der Waals surface area contributed by atoms with Crippen LogP contribution in [0.2, 0.25) is 0 Å². The molecular formula is C20H34N4O2. The first kappa shape index (κ1) is 19.4. The normalized spacial score (nSPS) is 25.2. The van der Waals surface area contributed by atoms with Gasteiger partial charge in [-0.3, -0.25) is 14.8 Å². The van der Waals surface area contributed by atoms with E-state index in [9.17, 15) is 4.79 Å². The summed E-state index contributed by atoms with van der Waals surface area (Å²) in [4.78, 5) is 16.7. The number of carbonyl (C=O) groups excluding carboxylic acids is 1. The van der Waals surface area contributed by atoms with E-state index in [0.29, 0.717) is 19.4 Å². The van der Waals surface area contributed by atoms with E-state index in [4.69, 9.17) is 5.11 Å². The summed E-state index contributed by atoms with van der Waals surface area (Å²) in [5.41, 5.74) is 2.57. The van der Waals surface area contributed by atoms with Gasteiger partial charge in [-0.25, -0.2) is 0 Å². The van der Waals surface area contributed by atoms with Crippen molar-refractivity contribution in [1.29, 1.82) is 0 Å². The molecule has 0 aliphatic carbocycles. The molecule has 1 amide bonds. The van der Waals surface area contributed by atoms with Crippen LogP contribution in [0.3, 0.4) is 0 Å². The highest BCUT2D eigenvalue weighted by Crippen LogP contribution is 2.39. The molecule has 0 bridgehead atoms. The molecule has 3 heterocycles. The van der Waals surface area contributed by atoms with Crippen molar-refractivity contribution in [2.24, 2.45) is 5.41 Å². The zero-order chi connectivity index (χ0) is 18.8. The second-order valence-corrected chi connectivity index (χ2v) is 9.24. The van der Waals surface area contributed by atoms with Crippen molar-refractivity contribution in [2.75, 3.05) is 32.8 Å². The van der Waals surface area contributed by atoms with Crippen molar-refractivity contribution in [3.8, 4) is 0 Å². The molecule has 0 unspecified atom stereocenters. The zero-order valence-electron chi connectivity index (χ0n) is 16.6. The quantitative estimate of drug-likeness (QED) is 0.843. The number of rotatable bonds is 5. The van der Waals surface area contributed by atoms with Crippen molar-refractivity contribution >= 4 is 5.91 Å². The summed E-state index contributed by atoms with van der Waals surface area (Å²) in [6.07, 6.45) is 4.70. The molecule has 0 aromatic carbocycles. The fraction of sp³-hybridized carbons (Fsp3) is 0.800. The maximum atomic E-state index is 12.2. The predicted octanol–water partition coefficient (Wildman–Crippen LogP) is 2.29. The monoisotopic (exact) mass is 362 g/mol. The molecule has 6 heteroatoms. The number of hydrogen-bond acceptors (Lipinski definition) is 4. The molecule has 1 aromatic rings. The number of piperidine rings is 2. The van der Waals surface area contributed by atoms with Crippen LogP contribution < -0.4 is 0 Å². The van der Waals surface area contributed by atoms with E-state index >= 15 is 0 Å². The van der Waals surface area contributed by atoms with Gasteiger partial charge in [-0.1, -0.05) is 20.8 Å². The van der Waals surface area contributed by atoms with Crippen LogP contribution in [0, 0.1) is 5.41 Å². The Morgan fingerprint density at radius 1 is 1.31 bits per heavy atom.